The molecule has 0 saturated carbocycles. The second-order valence-electron chi connectivity index (χ2n) is 6.49. The van der Waals surface area contributed by atoms with Crippen molar-refractivity contribution in [1.29, 1.82) is 0 Å². The van der Waals surface area contributed by atoms with Gasteiger partial charge in [-0.3, -0.25) is 19.7 Å². The zero-order chi connectivity index (χ0) is 20.1. The van der Waals surface area contributed by atoms with Crippen LogP contribution in [-0.4, -0.2) is 39.9 Å². The summed E-state index contributed by atoms with van der Waals surface area (Å²) in [5, 5.41) is 3.30. The maximum atomic E-state index is 13.1. The molecule has 1 fully saturated rings. The Balaban J connectivity index is 1.81. The number of benzene rings is 1. The summed E-state index contributed by atoms with van der Waals surface area (Å²) in [6.07, 6.45) is 2.19. The SMILES string of the molecule is Cc1nc(NC(=O)C(c2ccccc2)N2CCCCC2=O)sc1SCC(N)=O. The van der Waals surface area contributed by atoms with Crippen molar-refractivity contribution in [3.63, 3.8) is 0 Å². The second-order valence-corrected chi connectivity index (χ2v) is 8.74. The highest BCUT2D eigenvalue weighted by molar-refractivity contribution is 8.01. The van der Waals surface area contributed by atoms with Crippen molar-refractivity contribution in [3.05, 3.63) is 41.6 Å². The fourth-order valence-electron chi connectivity index (χ4n) is 3.09. The molecule has 1 atom stereocenters. The van der Waals surface area contributed by atoms with Crippen LogP contribution in [0.2, 0.25) is 0 Å². The number of likely N-dealkylation sites (tertiary alicyclic amines) is 1. The van der Waals surface area contributed by atoms with E-state index in [4.69, 9.17) is 5.73 Å². The van der Waals surface area contributed by atoms with Crippen LogP contribution in [0.5, 0.6) is 0 Å². The summed E-state index contributed by atoms with van der Waals surface area (Å²) in [5.74, 6) is -0.549. The van der Waals surface area contributed by atoms with Crippen LogP contribution < -0.4 is 11.1 Å². The smallest absolute Gasteiger partial charge is 0.253 e. The molecule has 1 aromatic carbocycles. The quantitative estimate of drug-likeness (QED) is 0.673. The molecule has 1 aliphatic rings. The van der Waals surface area contributed by atoms with Crippen molar-refractivity contribution in [2.45, 2.75) is 36.4 Å². The van der Waals surface area contributed by atoms with Crippen molar-refractivity contribution in [3.8, 4) is 0 Å². The lowest BCUT2D eigenvalue weighted by atomic mass is 10.0. The molecule has 3 N–H and O–H groups in total. The molecule has 2 aromatic rings. The summed E-state index contributed by atoms with van der Waals surface area (Å²) in [6.45, 7) is 2.38. The van der Waals surface area contributed by atoms with E-state index in [0.29, 0.717) is 18.1 Å². The van der Waals surface area contributed by atoms with Gasteiger partial charge in [0.05, 0.1) is 15.7 Å². The number of nitrogens with zero attached hydrogens (tertiary/aromatic N) is 2. The Kier molecular flexibility index (Phi) is 6.69. The second kappa shape index (κ2) is 9.20. The molecule has 1 saturated heterocycles. The van der Waals surface area contributed by atoms with Crippen LogP contribution in [-0.2, 0) is 14.4 Å². The van der Waals surface area contributed by atoms with Crippen molar-refractivity contribution in [2.75, 3.05) is 17.6 Å². The number of piperidine rings is 1. The highest BCUT2D eigenvalue weighted by Crippen LogP contribution is 2.33. The molecule has 9 heteroatoms. The fourth-order valence-corrected chi connectivity index (χ4v) is 4.97. The summed E-state index contributed by atoms with van der Waals surface area (Å²) >= 11 is 2.60. The van der Waals surface area contributed by atoms with Crippen LogP contribution in [0.4, 0.5) is 5.13 Å². The fraction of sp³-hybridized carbons (Fsp3) is 0.368. The standard InChI is InChI=1S/C19H22N4O3S2/c1-12-18(27-11-14(20)24)28-19(21-12)22-17(26)16(13-7-3-2-4-8-13)23-10-6-5-9-15(23)25/h2-4,7-8,16H,5-6,9-11H2,1H3,(H2,20,24)(H,21,22,26). The zero-order valence-electron chi connectivity index (χ0n) is 15.5. The van der Waals surface area contributed by atoms with Gasteiger partial charge in [-0.2, -0.15) is 0 Å². The molecule has 3 amide bonds. The van der Waals surface area contributed by atoms with Gasteiger partial charge in [-0.25, -0.2) is 4.98 Å². The monoisotopic (exact) mass is 418 g/mol. The lowest BCUT2D eigenvalue weighted by Crippen LogP contribution is -2.43. The maximum absolute atomic E-state index is 13.1. The first-order valence-electron chi connectivity index (χ1n) is 8.99. The molecule has 1 aromatic heterocycles. The summed E-state index contributed by atoms with van der Waals surface area (Å²) in [4.78, 5) is 42.6. The van der Waals surface area contributed by atoms with Crippen LogP contribution in [0, 0.1) is 6.92 Å². The Labute approximate surface area is 171 Å². The Morgan fingerprint density at radius 1 is 1.32 bits per heavy atom. The third kappa shape index (κ3) is 4.90. The highest BCUT2D eigenvalue weighted by atomic mass is 32.2. The lowest BCUT2D eigenvalue weighted by Gasteiger charge is -2.33. The van der Waals surface area contributed by atoms with Gasteiger partial charge in [0.15, 0.2) is 5.13 Å². The largest absolute Gasteiger partial charge is 0.369 e. The molecule has 148 valence electrons. The Hall–Kier alpha value is -2.39. The van der Waals surface area contributed by atoms with Gasteiger partial charge < -0.3 is 10.6 Å². The molecule has 0 aliphatic carbocycles. The minimum atomic E-state index is -0.695. The summed E-state index contributed by atoms with van der Waals surface area (Å²) in [6, 6.07) is 8.61. The van der Waals surface area contributed by atoms with Crippen molar-refractivity contribution < 1.29 is 14.4 Å². The van der Waals surface area contributed by atoms with E-state index in [2.05, 4.69) is 10.3 Å². The average molecular weight is 419 g/mol. The van der Waals surface area contributed by atoms with Gasteiger partial charge in [-0.1, -0.05) is 41.7 Å². The number of aryl methyl sites for hydroxylation is 1. The molecule has 7 nitrogen and oxygen atoms in total. The van der Waals surface area contributed by atoms with Gasteiger partial charge in [0.2, 0.25) is 11.8 Å². The third-order valence-electron chi connectivity index (χ3n) is 4.37. The predicted octanol–water partition coefficient (Wildman–Crippen LogP) is 2.72. The zero-order valence-corrected chi connectivity index (χ0v) is 17.1. The Bertz CT molecular complexity index is 869. The number of thiazole rings is 1. The summed E-state index contributed by atoms with van der Waals surface area (Å²) < 4.78 is 0.833. The Morgan fingerprint density at radius 3 is 2.75 bits per heavy atom. The number of thioether (sulfide) groups is 1. The number of hydrogen-bond donors (Lipinski definition) is 2. The van der Waals surface area contributed by atoms with E-state index >= 15 is 0 Å². The number of aromatic nitrogens is 1. The van der Waals surface area contributed by atoms with Crippen LogP contribution in [0.15, 0.2) is 34.5 Å². The van der Waals surface area contributed by atoms with E-state index in [1.54, 1.807) is 4.90 Å². The topological polar surface area (TPSA) is 105 Å². The molecule has 0 radical (unpaired) electrons. The van der Waals surface area contributed by atoms with E-state index in [9.17, 15) is 14.4 Å². The number of nitrogens with two attached hydrogens (primary N) is 1. The van der Waals surface area contributed by atoms with E-state index in [1.165, 1.54) is 23.1 Å². The minimum Gasteiger partial charge on any atom is -0.369 e. The summed E-state index contributed by atoms with van der Waals surface area (Å²) in [7, 11) is 0. The Morgan fingerprint density at radius 2 is 2.07 bits per heavy atom. The predicted molar refractivity (Wildman–Crippen MR) is 110 cm³/mol. The number of primary amides is 1. The number of rotatable bonds is 7. The van der Waals surface area contributed by atoms with Crippen LogP contribution in [0.25, 0.3) is 0 Å². The molecule has 3 rings (SSSR count). The number of carbonyl (C=O) groups excluding carboxylic acids is 3. The molecular formula is C19H22N4O3S2. The third-order valence-corrected chi connectivity index (χ3v) is 6.82. The molecule has 28 heavy (non-hydrogen) atoms. The first-order valence-corrected chi connectivity index (χ1v) is 10.8. The first-order chi connectivity index (χ1) is 13.5. The van der Waals surface area contributed by atoms with Crippen molar-refractivity contribution in [2.24, 2.45) is 5.73 Å². The highest BCUT2D eigenvalue weighted by Gasteiger charge is 2.33. The van der Waals surface area contributed by atoms with Crippen LogP contribution in [0.1, 0.15) is 36.6 Å². The number of carbonyl (C=O) groups is 3. The van der Waals surface area contributed by atoms with E-state index in [-0.39, 0.29) is 17.6 Å². The normalized spacial score (nSPS) is 15.3. The molecule has 1 unspecified atom stereocenters. The van der Waals surface area contributed by atoms with E-state index in [0.717, 1.165) is 28.3 Å². The van der Waals surface area contributed by atoms with Gasteiger partial charge in [-0.05, 0) is 25.3 Å². The molecular weight excluding hydrogens is 396 g/mol. The van der Waals surface area contributed by atoms with Crippen LogP contribution >= 0.6 is 23.1 Å². The number of nitrogens with one attached hydrogen (secondary N) is 1. The van der Waals surface area contributed by atoms with Gasteiger partial charge in [-0.15, -0.1) is 11.8 Å². The molecule has 2 heterocycles. The summed E-state index contributed by atoms with van der Waals surface area (Å²) in [5.41, 5.74) is 6.70. The molecule has 0 spiro atoms. The van der Waals surface area contributed by atoms with Gasteiger partial charge in [0.25, 0.3) is 5.91 Å². The lowest BCUT2D eigenvalue weighted by molar-refractivity contribution is -0.141. The number of amides is 3. The van der Waals surface area contributed by atoms with Crippen LogP contribution in [0.3, 0.4) is 0 Å². The molecule has 0 bridgehead atoms. The van der Waals surface area contributed by atoms with Gasteiger partial charge >= 0.3 is 0 Å². The van der Waals surface area contributed by atoms with Crippen molar-refractivity contribution >= 4 is 46.0 Å². The number of hydrogen-bond acceptors (Lipinski definition) is 6. The minimum absolute atomic E-state index is 0.0109. The van der Waals surface area contributed by atoms with E-state index in [1.807, 2.05) is 37.3 Å². The van der Waals surface area contributed by atoms with E-state index < -0.39 is 11.9 Å². The van der Waals surface area contributed by atoms with Gasteiger partial charge in [0, 0.05) is 13.0 Å². The first kappa shape index (κ1) is 20.3. The average Bonchev–Trinajstić information content (AvgIpc) is 3.02. The maximum Gasteiger partial charge on any atom is 0.253 e. The number of anilines is 1. The molecule has 1 aliphatic heterocycles. The van der Waals surface area contributed by atoms with Crippen molar-refractivity contribution in [1.82, 2.24) is 9.88 Å². The van der Waals surface area contributed by atoms with Gasteiger partial charge in [0.1, 0.15) is 6.04 Å².